The Kier molecular flexibility index (Phi) is 5.15. The number of fused-ring (bicyclic) bond motifs is 5. The largest absolute Gasteiger partial charge is 0.456 e. The first-order valence-corrected chi connectivity index (χ1v) is 10.2. The molecule has 1 saturated heterocycles. The van der Waals surface area contributed by atoms with Crippen LogP contribution in [0.15, 0.2) is 18.2 Å². The van der Waals surface area contributed by atoms with Crippen LogP contribution in [0.25, 0.3) is 0 Å². The second-order valence-electron chi connectivity index (χ2n) is 8.49. The zero-order valence-electron chi connectivity index (χ0n) is 16.8. The number of nitrogens with zero attached hydrogens (tertiary/aromatic N) is 1. The van der Waals surface area contributed by atoms with E-state index in [1.54, 1.807) is 6.07 Å². The molecule has 3 aliphatic rings. The minimum atomic E-state index is -0.596. The molecule has 4 rings (SSSR count). The number of aryl methyl sites for hydroxylation is 2. The summed E-state index contributed by atoms with van der Waals surface area (Å²) in [5.74, 6) is -0.993. The first-order chi connectivity index (χ1) is 13.8. The summed E-state index contributed by atoms with van der Waals surface area (Å²) in [7, 11) is 0. The van der Waals surface area contributed by atoms with Crippen molar-refractivity contribution in [1.82, 2.24) is 4.90 Å². The van der Waals surface area contributed by atoms with E-state index in [0.717, 1.165) is 30.4 Å². The summed E-state index contributed by atoms with van der Waals surface area (Å²) in [6.45, 7) is 3.49. The molecular formula is C22H26N2O5. The van der Waals surface area contributed by atoms with Crippen LogP contribution in [0.4, 0.5) is 5.69 Å². The normalized spacial score (nSPS) is 27.3. The fourth-order valence-corrected chi connectivity index (χ4v) is 5.25. The third-order valence-electron chi connectivity index (χ3n) is 6.58. The molecule has 7 heteroatoms. The summed E-state index contributed by atoms with van der Waals surface area (Å²) in [5.41, 5.74) is 2.69. The van der Waals surface area contributed by atoms with Gasteiger partial charge in [-0.25, -0.2) is 0 Å². The smallest absolute Gasteiger partial charge is 0.308 e. The number of nitrogens with one attached hydrogen (secondary N) is 1. The van der Waals surface area contributed by atoms with Crippen molar-refractivity contribution in [3.63, 3.8) is 0 Å². The van der Waals surface area contributed by atoms with Crippen molar-refractivity contribution in [2.75, 3.05) is 18.5 Å². The van der Waals surface area contributed by atoms with Gasteiger partial charge in [-0.3, -0.25) is 24.1 Å². The Morgan fingerprint density at radius 3 is 2.38 bits per heavy atom. The highest BCUT2D eigenvalue weighted by atomic mass is 16.5. The molecule has 1 heterocycles. The first-order valence-electron chi connectivity index (χ1n) is 10.2. The number of carbonyl (C=O) groups is 4. The summed E-state index contributed by atoms with van der Waals surface area (Å²) in [4.78, 5) is 50.5. The molecule has 7 nitrogen and oxygen atoms in total. The average molecular weight is 398 g/mol. The number of ether oxygens (including phenoxy) is 1. The Morgan fingerprint density at radius 2 is 1.76 bits per heavy atom. The number of anilines is 1. The zero-order chi connectivity index (χ0) is 20.7. The number of hydrogen-bond acceptors (Lipinski definition) is 5. The predicted octanol–water partition coefficient (Wildman–Crippen LogP) is 2.21. The molecule has 1 aromatic rings. The molecule has 1 N–H and O–H groups in total. The highest BCUT2D eigenvalue weighted by molar-refractivity contribution is 6.06. The van der Waals surface area contributed by atoms with Crippen molar-refractivity contribution in [3.8, 4) is 0 Å². The minimum absolute atomic E-state index is 0.0294. The van der Waals surface area contributed by atoms with Gasteiger partial charge in [0.05, 0.1) is 18.3 Å². The topological polar surface area (TPSA) is 92.8 Å². The van der Waals surface area contributed by atoms with Gasteiger partial charge in [-0.1, -0.05) is 17.7 Å². The Hall–Kier alpha value is -2.70. The first kappa shape index (κ1) is 19.6. The lowest BCUT2D eigenvalue weighted by molar-refractivity contribution is -0.149. The molecule has 0 aromatic heterocycles. The summed E-state index contributed by atoms with van der Waals surface area (Å²) in [6.07, 6.45) is 2.94. The molecule has 2 aliphatic carbocycles. The van der Waals surface area contributed by atoms with Gasteiger partial charge >= 0.3 is 5.97 Å². The number of esters is 1. The molecule has 2 saturated carbocycles. The van der Waals surface area contributed by atoms with Gasteiger partial charge in [0.2, 0.25) is 11.8 Å². The lowest BCUT2D eigenvalue weighted by atomic mass is 9.81. The molecule has 3 fully saturated rings. The Bertz CT molecular complexity index is 852. The van der Waals surface area contributed by atoms with Gasteiger partial charge in [0.1, 0.15) is 0 Å². The van der Waals surface area contributed by atoms with E-state index in [1.165, 1.54) is 4.90 Å². The van der Waals surface area contributed by atoms with Gasteiger partial charge in [-0.05, 0) is 56.6 Å². The van der Waals surface area contributed by atoms with E-state index >= 15 is 0 Å². The molecule has 154 valence electrons. The third kappa shape index (κ3) is 3.66. The second kappa shape index (κ2) is 7.61. The van der Waals surface area contributed by atoms with E-state index in [1.807, 2.05) is 26.0 Å². The number of benzene rings is 1. The van der Waals surface area contributed by atoms with Crippen LogP contribution in [-0.2, 0) is 23.9 Å². The maximum Gasteiger partial charge on any atom is 0.308 e. The lowest BCUT2D eigenvalue weighted by Gasteiger charge is -2.19. The zero-order valence-corrected chi connectivity index (χ0v) is 16.8. The van der Waals surface area contributed by atoms with E-state index in [9.17, 15) is 19.2 Å². The second-order valence-corrected chi connectivity index (χ2v) is 8.49. The van der Waals surface area contributed by atoms with Gasteiger partial charge in [-0.15, -0.1) is 0 Å². The maximum absolute atomic E-state index is 12.6. The van der Waals surface area contributed by atoms with Gasteiger partial charge < -0.3 is 10.1 Å². The summed E-state index contributed by atoms with van der Waals surface area (Å²) in [5, 5.41) is 2.71. The van der Waals surface area contributed by atoms with Crippen LogP contribution in [0.1, 0.15) is 36.8 Å². The lowest BCUT2D eigenvalue weighted by Crippen LogP contribution is -2.35. The van der Waals surface area contributed by atoms with Crippen molar-refractivity contribution in [2.45, 2.75) is 39.5 Å². The Morgan fingerprint density at radius 1 is 1.10 bits per heavy atom. The summed E-state index contributed by atoms with van der Waals surface area (Å²) in [6, 6.07) is 5.65. The maximum atomic E-state index is 12.6. The Labute approximate surface area is 169 Å². The van der Waals surface area contributed by atoms with Gasteiger partial charge in [-0.2, -0.15) is 0 Å². The number of carbonyl (C=O) groups excluding carboxylic acids is 4. The Balaban J connectivity index is 1.24. The monoisotopic (exact) mass is 398 g/mol. The average Bonchev–Trinajstić information content (AvgIpc) is 3.35. The number of likely N-dealkylation sites (tertiary alicyclic amines) is 1. The molecule has 2 bridgehead atoms. The van der Waals surface area contributed by atoms with Gasteiger partial charge in [0, 0.05) is 12.2 Å². The van der Waals surface area contributed by atoms with Gasteiger partial charge in [0.15, 0.2) is 6.61 Å². The molecule has 1 aliphatic heterocycles. The van der Waals surface area contributed by atoms with Crippen molar-refractivity contribution in [2.24, 2.45) is 23.7 Å². The number of rotatable bonds is 6. The third-order valence-corrected chi connectivity index (χ3v) is 6.58. The molecule has 3 amide bonds. The van der Waals surface area contributed by atoms with E-state index in [4.69, 9.17) is 4.74 Å². The van der Waals surface area contributed by atoms with Crippen LogP contribution in [0, 0.1) is 37.5 Å². The molecule has 0 unspecified atom stereocenters. The van der Waals surface area contributed by atoms with E-state index in [0.29, 0.717) is 17.5 Å². The summed E-state index contributed by atoms with van der Waals surface area (Å²) >= 11 is 0. The van der Waals surface area contributed by atoms with E-state index in [2.05, 4.69) is 5.32 Å². The van der Waals surface area contributed by atoms with Crippen LogP contribution in [-0.4, -0.2) is 41.7 Å². The van der Waals surface area contributed by atoms with Crippen LogP contribution >= 0.6 is 0 Å². The van der Waals surface area contributed by atoms with Crippen LogP contribution in [0.2, 0.25) is 0 Å². The van der Waals surface area contributed by atoms with Crippen molar-refractivity contribution < 1.29 is 23.9 Å². The molecule has 4 atom stereocenters. The van der Waals surface area contributed by atoms with Crippen molar-refractivity contribution in [1.29, 1.82) is 0 Å². The fraction of sp³-hybridized carbons (Fsp3) is 0.545. The van der Waals surface area contributed by atoms with Crippen LogP contribution in [0.3, 0.4) is 0 Å². The summed E-state index contributed by atoms with van der Waals surface area (Å²) < 4.78 is 5.02. The number of hydrogen-bond donors (Lipinski definition) is 1. The van der Waals surface area contributed by atoms with Crippen LogP contribution in [0.5, 0.6) is 0 Å². The molecule has 1 aromatic carbocycles. The van der Waals surface area contributed by atoms with Crippen molar-refractivity contribution >= 4 is 29.4 Å². The van der Waals surface area contributed by atoms with E-state index < -0.39 is 18.5 Å². The fourth-order valence-electron chi connectivity index (χ4n) is 5.25. The predicted molar refractivity (Wildman–Crippen MR) is 105 cm³/mol. The van der Waals surface area contributed by atoms with Crippen LogP contribution < -0.4 is 5.32 Å². The number of imide groups is 1. The molecular weight excluding hydrogens is 372 g/mol. The van der Waals surface area contributed by atoms with Gasteiger partial charge in [0.25, 0.3) is 5.91 Å². The quantitative estimate of drug-likeness (QED) is 0.586. The molecule has 29 heavy (non-hydrogen) atoms. The highest BCUT2D eigenvalue weighted by Gasteiger charge is 2.60. The van der Waals surface area contributed by atoms with Crippen molar-refractivity contribution in [3.05, 3.63) is 29.3 Å². The minimum Gasteiger partial charge on any atom is -0.456 e. The molecule has 0 radical (unpaired) electrons. The molecule has 0 spiro atoms. The highest BCUT2D eigenvalue weighted by Crippen LogP contribution is 2.56. The standard InChI is InChI=1S/C22H26N2O5/c1-12-3-6-16(13(2)9-12)23-17(25)11-29-18(26)7-8-24-21(27)19-14-4-5-15(10-14)20(19)22(24)28/h3,6,9,14-15,19-20H,4-5,7-8,10-11H2,1-2H3,(H,23,25)/t14-,15+,19-,20+. The SMILES string of the molecule is Cc1ccc(NC(=O)COC(=O)CCN2C(=O)[C@@H]3[C@@H]4CC[C@@H](C4)[C@@H]3C2=O)c(C)c1. The number of amides is 3. The van der Waals surface area contributed by atoms with E-state index in [-0.39, 0.29) is 36.6 Å².